The Morgan fingerprint density at radius 1 is 1.23 bits per heavy atom. The fourth-order valence-electron chi connectivity index (χ4n) is 3.33. The number of aromatic nitrogens is 1. The number of anilines is 1. The van der Waals surface area contributed by atoms with Crippen LogP contribution in [0.25, 0.3) is 21.2 Å². The number of para-hydroxylation sites is 1. The van der Waals surface area contributed by atoms with Crippen LogP contribution in [0, 0.1) is 6.92 Å². The summed E-state index contributed by atoms with van der Waals surface area (Å²) in [4.78, 5) is 22.0. The molecule has 0 aliphatic rings. The Kier molecular flexibility index (Phi) is 6.18. The van der Waals surface area contributed by atoms with Crippen molar-refractivity contribution in [3.63, 3.8) is 0 Å². The van der Waals surface area contributed by atoms with Crippen molar-refractivity contribution in [3.8, 4) is 5.75 Å². The first-order valence-corrected chi connectivity index (χ1v) is 11.3. The van der Waals surface area contributed by atoms with Crippen molar-refractivity contribution >= 4 is 55.2 Å². The van der Waals surface area contributed by atoms with Gasteiger partial charge in [-0.3, -0.25) is 9.69 Å². The maximum Gasteiger partial charge on any atom is 0.295 e. The fourth-order valence-corrected chi connectivity index (χ4v) is 4.53. The predicted molar refractivity (Wildman–Crippen MR) is 127 cm³/mol. The minimum atomic E-state index is -0.233. The second kappa shape index (κ2) is 8.86. The van der Waals surface area contributed by atoms with E-state index in [0.717, 1.165) is 21.2 Å². The van der Waals surface area contributed by atoms with Crippen LogP contribution in [0.3, 0.4) is 0 Å². The summed E-state index contributed by atoms with van der Waals surface area (Å²) >= 11 is 7.75. The molecule has 0 aliphatic carbocycles. The molecule has 0 aliphatic heterocycles. The molecule has 0 unspecified atom stereocenters. The van der Waals surface area contributed by atoms with Crippen LogP contribution in [0.5, 0.6) is 5.75 Å². The number of hydrogen-bond acceptors (Lipinski definition) is 6. The number of carbonyl (C=O) groups is 1. The standard InChI is InChI=1S/C23H24ClN3O3S/c1-5-29-17-8-6-7-15-13-18(30-21(15)17)22(28)27(12-11-26(3)4)23-25-20-14(2)16(24)9-10-19(20)31-23/h6-10,13H,5,11-12H2,1-4H3. The molecule has 8 heteroatoms. The van der Waals surface area contributed by atoms with E-state index in [1.54, 1.807) is 11.0 Å². The molecule has 4 aromatic rings. The first-order valence-electron chi connectivity index (χ1n) is 10.1. The van der Waals surface area contributed by atoms with Crippen LogP contribution in [0.15, 0.2) is 40.8 Å². The van der Waals surface area contributed by atoms with Crippen molar-refractivity contribution in [2.75, 3.05) is 38.7 Å². The summed E-state index contributed by atoms with van der Waals surface area (Å²) < 4.78 is 12.6. The Morgan fingerprint density at radius 2 is 2.03 bits per heavy atom. The largest absolute Gasteiger partial charge is 0.490 e. The third-order valence-electron chi connectivity index (χ3n) is 5.00. The van der Waals surface area contributed by atoms with Crippen LogP contribution in [-0.2, 0) is 0 Å². The highest BCUT2D eigenvalue weighted by molar-refractivity contribution is 7.22. The molecular formula is C23H24ClN3O3S. The molecule has 2 heterocycles. The average molecular weight is 458 g/mol. The zero-order valence-corrected chi connectivity index (χ0v) is 19.5. The highest BCUT2D eigenvalue weighted by atomic mass is 35.5. The molecule has 0 atom stereocenters. The second-order valence-electron chi connectivity index (χ2n) is 7.49. The molecule has 2 aromatic carbocycles. The summed E-state index contributed by atoms with van der Waals surface area (Å²) in [5.41, 5.74) is 2.30. The first kappa shape index (κ1) is 21.6. The van der Waals surface area contributed by atoms with E-state index in [1.807, 2.05) is 63.2 Å². The van der Waals surface area contributed by atoms with Gasteiger partial charge in [0.25, 0.3) is 5.91 Å². The fraction of sp³-hybridized carbons (Fsp3) is 0.304. The van der Waals surface area contributed by atoms with Crippen molar-refractivity contribution in [1.82, 2.24) is 9.88 Å². The number of amides is 1. The van der Waals surface area contributed by atoms with E-state index >= 15 is 0 Å². The SMILES string of the molecule is CCOc1cccc2cc(C(=O)N(CCN(C)C)c3nc4c(C)c(Cl)ccc4s3)oc12. The maximum atomic E-state index is 13.5. The van der Waals surface area contributed by atoms with Crippen molar-refractivity contribution in [3.05, 3.63) is 52.7 Å². The van der Waals surface area contributed by atoms with Gasteiger partial charge in [-0.15, -0.1) is 0 Å². The lowest BCUT2D eigenvalue weighted by atomic mass is 10.2. The molecule has 0 spiro atoms. The van der Waals surface area contributed by atoms with Crippen LogP contribution < -0.4 is 9.64 Å². The van der Waals surface area contributed by atoms with Crippen molar-refractivity contribution in [2.24, 2.45) is 0 Å². The normalized spacial score (nSPS) is 11.5. The molecule has 4 rings (SSSR count). The van der Waals surface area contributed by atoms with Crippen LogP contribution in [0.2, 0.25) is 5.02 Å². The summed E-state index contributed by atoms with van der Waals surface area (Å²) in [5.74, 6) is 0.655. The molecule has 0 saturated carbocycles. The third kappa shape index (κ3) is 4.26. The topological polar surface area (TPSA) is 58.8 Å². The maximum absolute atomic E-state index is 13.5. The Balaban J connectivity index is 1.76. The number of thiazole rings is 1. The number of likely N-dealkylation sites (N-methyl/N-ethyl adjacent to an activating group) is 1. The predicted octanol–water partition coefficient (Wildman–Crippen LogP) is 5.61. The van der Waals surface area contributed by atoms with Gasteiger partial charge in [-0.2, -0.15) is 0 Å². The van der Waals surface area contributed by atoms with Crippen LogP contribution in [0.4, 0.5) is 5.13 Å². The van der Waals surface area contributed by atoms with Gasteiger partial charge in [-0.05, 0) is 57.8 Å². The smallest absolute Gasteiger partial charge is 0.295 e. The van der Waals surface area contributed by atoms with E-state index in [0.29, 0.717) is 41.2 Å². The minimum absolute atomic E-state index is 0.233. The number of nitrogens with zero attached hydrogens (tertiary/aromatic N) is 3. The minimum Gasteiger partial charge on any atom is -0.490 e. The summed E-state index contributed by atoms with van der Waals surface area (Å²) in [6.45, 7) is 5.54. The average Bonchev–Trinajstić information content (AvgIpc) is 3.36. The van der Waals surface area contributed by atoms with Gasteiger partial charge in [0.05, 0.1) is 16.8 Å². The van der Waals surface area contributed by atoms with Gasteiger partial charge in [0.1, 0.15) is 0 Å². The number of carbonyl (C=O) groups excluding carboxylic acids is 1. The highest BCUT2D eigenvalue weighted by Gasteiger charge is 2.25. The molecule has 0 bridgehead atoms. The van der Waals surface area contributed by atoms with Crippen LogP contribution >= 0.6 is 22.9 Å². The number of aryl methyl sites for hydroxylation is 1. The lowest BCUT2D eigenvalue weighted by molar-refractivity contribution is 0.0960. The van der Waals surface area contributed by atoms with E-state index in [-0.39, 0.29) is 11.7 Å². The van der Waals surface area contributed by atoms with E-state index in [9.17, 15) is 4.79 Å². The van der Waals surface area contributed by atoms with Crippen LogP contribution in [-0.4, -0.2) is 49.6 Å². The third-order valence-corrected chi connectivity index (χ3v) is 6.46. The first-order chi connectivity index (χ1) is 14.9. The van der Waals surface area contributed by atoms with E-state index in [2.05, 4.69) is 0 Å². The molecule has 1 amide bonds. The summed E-state index contributed by atoms with van der Waals surface area (Å²) in [6, 6.07) is 11.2. The van der Waals surface area contributed by atoms with Crippen LogP contribution in [0.1, 0.15) is 23.0 Å². The Labute approximate surface area is 190 Å². The number of furan rings is 1. The number of halogens is 1. The van der Waals surface area contributed by atoms with Crippen molar-refractivity contribution in [2.45, 2.75) is 13.8 Å². The molecule has 162 valence electrons. The van der Waals surface area contributed by atoms with E-state index < -0.39 is 0 Å². The van der Waals surface area contributed by atoms with E-state index in [1.165, 1.54) is 11.3 Å². The quantitative estimate of drug-likeness (QED) is 0.361. The Morgan fingerprint density at radius 3 is 2.77 bits per heavy atom. The zero-order chi connectivity index (χ0) is 22.1. The number of benzene rings is 2. The Bertz CT molecular complexity index is 1250. The van der Waals surface area contributed by atoms with Gasteiger partial charge in [0.15, 0.2) is 22.2 Å². The summed E-state index contributed by atoms with van der Waals surface area (Å²) in [5, 5.41) is 2.11. The van der Waals surface area contributed by atoms with Gasteiger partial charge in [0, 0.05) is 23.5 Å². The summed E-state index contributed by atoms with van der Waals surface area (Å²) in [7, 11) is 3.95. The molecule has 0 radical (unpaired) electrons. The second-order valence-corrected chi connectivity index (χ2v) is 8.91. The Hall–Kier alpha value is -2.61. The molecule has 6 nitrogen and oxygen atoms in total. The van der Waals surface area contributed by atoms with Gasteiger partial charge in [-0.1, -0.05) is 35.1 Å². The van der Waals surface area contributed by atoms with Gasteiger partial charge in [0.2, 0.25) is 0 Å². The number of ether oxygens (including phenoxy) is 1. The van der Waals surface area contributed by atoms with Gasteiger partial charge >= 0.3 is 0 Å². The number of hydrogen-bond donors (Lipinski definition) is 0. The monoisotopic (exact) mass is 457 g/mol. The lowest BCUT2D eigenvalue weighted by Crippen LogP contribution is -2.36. The molecular weight excluding hydrogens is 434 g/mol. The van der Waals surface area contributed by atoms with Gasteiger partial charge < -0.3 is 14.1 Å². The molecule has 0 fully saturated rings. The van der Waals surface area contributed by atoms with Gasteiger partial charge in [-0.25, -0.2) is 4.98 Å². The molecule has 2 aromatic heterocycles. The summed E-state index contributed by atoms with van der Waals surface area (Å²) in [6.07, 6.45) is 0. The molecule has 0 saturated heterocycles. The van der Waals surface area contributed by atoms with E-state index in [4.69, 9.17) is 25.7 Å². The molecule has 31 heavy (non-hydrogen) atoms. The highest BCUT2D eigenvalue weighted by Crippen LogP contribution is 2.35. The number of fused-ring (bicyclic) bond motifs is 2. The van der Waals surface area contributed by atoms with Crippen molar-refractivity contribution < 1.29 is 13.9 Å². The van der Waals surface area contributed by atoms with Crippen molar-refractivity contribution in [1.29, 1.82) is 0 Å². The zero-order valence-electron chi connectivity index (χ0n) is 17.9. The molecule has 0 N–H and O–H groups in total. The number of rotatable bonds is 7. The lowest BCUT2D eigenvalue weighted by Gasteiger charge is -2.20.